The van der Waals surface area contributed by atoms with Crippen molar-refractivity contribution in [1.82, 2.24) is 9.38 Å². The van der Waals surface area contributed by atoms with Gasteiger partial charge in [-0.3, -0.25) is 4.79 Å². The van der Waals surface area contributed by atoms with E-state index in [-0.39, 0.29) is 5.91 Å². The Morgan fingerprint density at radius 1 is 1.20 bits per heavy atom. The molecule has 3 rings (SSSR count). The number of methoxy groups -OCH3 is 2. The summed E-state index contributed by atoms with van der Waals surface area (Å²) in [6, 6.07) is 11.2. The molecule has 25 heavy (non-hydrogen) atoms. The fourth-order valence-corrected chi connectivity index (χ4v) is 2.81. The highest BCUT2D eigenvalue weighted by Crippen LogP contribution is 2.29. The maximum absolute atomic E-state index is 12.4. The molecule has 0 bridgehead atoms. The lowest BCUT2D eigenvalue weighted by molar-refractivity contribution is -0.116. The largest absolute Gasteiger partial charge is 0.497 e. The Kier molecular flexibility index (Phi) is 4.88. The molecule has 1 aromatic carbocycles. The lowest BCUT2D eigenvalue weighted by Gasteiger charge is -2.11. The fourth-order valence-electron chi connectivity index (χ4n) is 2.81. The van der Waals surface area contributed by atoms with Gasteiger partial charge in [0.1, 0.15) is 17.1 Å². The number of aryl methyl sites for hydroxylation is 2. The molecule has 0 unspecified atom stereocenters. The number of carbonyl (C=O) groups excluding carboxylic acids is 1. The van der Waals surface area contributed by atoms with E-state index >= 15 is 0 Å². The number of hydrogen-bond acceptors (Lipinski definition) is 4. The number of nitrogens with one attached hydrogen (secondary N) is 1. The summed E-state index contributed by atoms with van der Waals surface area (Å²) in [5, 5.41) is 2.89. The van der Waals surface area contributed by atoms with Gasteiger partial charge in [-0.2, -0.15) is 0 Å². The van der Waals surface area contributed by atoms with Gasteiger partial charge in [-0.05, 0) is 37.6 Å². The van der Waals surface area contributed by atoms with E-state index in [1.807, 2.05) is 35.7 Å². The first-order valence-electron chi connectivity index (χ1n) is 8.07. The number of anilines is 1. The average Bonchev–Trinajstić information content (AvgIpc) is 2.95. The highest BCUT2D eigenvalue weighted by atomic mass is 16.5. The second-order valence-electron chi connectivity index (χ2n) is 5.69. The van der Waals surface area contributed by atoms with Crippen molar-refractivity contribution in [3.63, 3.8) is 0 Å². The second-order valence-corrected chi connectivity index (χ2v) is 5.69. The van der Waals surface area contributed by atoms with Gasteiger partial charge in [-0.1, -0.05) is 6.07 Å². The van der Waals surface area contributed by atoms with Crippen LogP contribution in [0.2, 0.25) is 0 Å². The van der Waals surface area contributed by atoms with Gasteiger partial charge >= 0.3 is 0 Å². The van der Waals surface area contributed by atoms with Gasteiger partial charge in [0.05, 0.1) is 25.6 Å². The highest BCUT2D eigenvalue weighted by molar-refractivity contribution is 5.92. The summed E-state index contributed by atoms with van der Waals surface area (Å²) in [6.45, 7) is 1.97. The Morgan fingerprint density at radius 2 is 2.04 bits per heavy atom. The molecule has 0 spiro atoms. The molecule has 0 fully saturated rings. The summed E-state index contributed by atoms with van der Waals surface area (Å²) in [5.74, 6) is 1.17. The first kappa shape index (κ1) is 16.8. The van der Waals surface area contributed by atoms with E-state index in [9.17, 15) is 4.79 Å². The van der Waals surface area contributed by atoms with Gasteiger partial charge in [0.15, 0.2) is 0 Å². The van der Waals surface area contributed by atoms with Crippen LogP contribution in [0.15, 0.2) is 42.6 Å². The van der Waals surface area contributed by atoms with Crippen molar-refractivity contribution >= 4 is 17.2 Å². The lowest BCUT2D eigenvalue weighted by atomic mass is 10.2. The summed E-state index contributed by atoms with van der Waals surface area (Å²) in [4.78, 5) is 16.9. The predicted molar refractivity (Wildman–Crippen MR) is 96.4 cm³/mol. The maximum atomic E-state index is 12.4. The molecule has 0 radical (unpaired) electrons. The van der Waals surface area contributed by atoms with E-state index < -0.39 is 0 Å². The van der Waals surface area contributed by atoms with E-state index in [1.54, 1.807) is 32.4 Å². The third kappa shape index (κ3) is 3.57. The number of ether oxygens (including phenoxy) is 2. The summed E-state index contributed by atoms with van der Waals surface area (Å²) >= 11 is 0. The Hall–Kier alpha value is -3.02. The third-order valence-electron chi connectivity index (χ3n) is 4.10. The van der Waals surface area contributed by atoms with Gasteiger partial charge in [-0.15, -0.1) is 0 Å². The van der Waals surface area contributed by atoms with Crippen molar-refractivity contribution in [3.8, 4) is 11.5 Å². The summed E-state index contributed by atoms with van der Waals surface area (Å²) < 4.78 is 12.5. The molecule has 0 aliphatic heterocycles. The van der Waals surface area contributed by atoms with E-state index in [0.717, 1.165) is 17.0 Å². The van der Waals surface area contributed by atoms with Gasteiger partial charge in [0, 0.05) is 24.4 Å². The smallest absolute Gasteiger partial charge is 0.224 e. The van der Waals surface area contributed by atoms with Crippen molar-refractivity contribution < 1.29 is 14.3 Å². The molecule has 2 aromatic heterocycles. The average molecular weight is 339 g/mol. The molecule has 1 N–H and O–H groups in total. The molecular weight excluding hydrogens is 318 g/mol. The zero-order chi connectivity index (χ0) is 17.8. The van der Waals surface area contributed by atoms with Crippen LogP contribution in [0, 0.1) is 6.92 Å². The molecular formula is C19H21N3O3. The topological polar surface area (TPSA) is 64.9 Å². The minimum Gasteiger partial charge on any atom is -0.497 e. The van der Waals surface area contributed by atoms with E-state index in [0.29, 0.717) is 30.0 Å². The van der Waals surface area contributed by atoms with Crippen LogP contribution >= 0.6 is 0 Å². The summed E-state index contributed by atoms with van der Waals surface area (Å²) in [5.41, 5.74) is 3.52. The quantitative estimate of drug-likeness (QED) is 0.749. The van der Waals surface area contributed by atoms with Crippen LogP contribution in [0.5, 0.6) is 11.5 Å². The van der Waals surface area contributed by atoms with Crippen molar-refractivity contribution in [3.05, 3.63) is 54.0 Å². The van der Waals surface area contributed by atoms with Gasteiger partial charge in [0.25, 0.3) is 0 Å². The van der Waals surface area contributed by atoms with Crippen LogP contribution in [-0.4, -0.2) is 29.5 Å². The van der Waals surface area contributed by atoms with Gasteiger partial charge in [-0.25, -0.2) is 4.98 Å². The first-order chi connectivity index (χ1) is 12.1. The highest BCUT2D eigenvalue weighted by Gasteiger charge is 2.12. The minimum atomic E-state index is -0.0752. The molecule has 6 heteroatoms. The number of pyridine rings is 1. The number of carbonyl (C=O) groups is 1. The van der Waals surface area contributed by atoms with Crippen LogP contribution < -0.4 is 14.8 Å². The number of nitrogens with zero attached hydrogens (tertiary/aromatic N) is 2. The van der Waals surface area contributed by atoms with Crippen molar-refractivity contribution in [1.29, 1.82) is 0 Å². The molecule has 3 aromatic rings. The van der Waals surface area contributed by atoms with E-state index in [2.05, 4.69) is 10.3 Å². The first-order valence-corrected chi connectivity index (χ1v) is 8.07. The molecule has 0 atom stereocenters. The fraction of sp³-hybridized carbons (Fsp3) is 0.263. The Morgan fingerprint density at radius 3 is 2.80 bits per heavy atom. The predicted octanol–water partition coefficient (Wildman–Crippen LogP) is 3.23. The van der Waals surface area contributed by atoms with Crippen molar-refractivity contribution in [2.75, 3.05) is 19.5 Å². The number of aromatic nitrogens is 2. The van der Waals surface area contributed by atoms with Crippen molar-refractivity contribution in [2.24, 2.45) is 0 Å². The molecule has 0 aliphatic rings. The van der Waals surface area contributed by atoms with Gasteiger partial charge in [0.2, 0.25) is 5.91 Å². The number of fused-ring (bicyclic) bond motifs is 1. The summed E-state index contributed by atoms with van der Waals surface area (Å²) in [7, 11) is 3.15. The Bertz CT molecular complexity index is 902. The maximum Gasteiger partial charge on any atom is 0.224 e. The number of rotatable bonds is 6. The molecule has 6 nitrogen and oxygen atoms in total. The minimum absolute atomic E-state index is 0.0752. The molecule has 0 saturated heterocycles. The zero-order valence-corrected chi connectivity index (χ0v) is 14.6. The van der Waals surface area contributed by atoms with Crippen LogP contribution in [0.1, 0.15) is 17.8 Å². The van der Waals surface area contributed by atoms with E-state index in [1.165, 1.54) is 0 Å². The Labute approximate surface area is 146 Å². The SMILES string of the molecule is COc1ccc(NC(=O)CCc2c(C)nc3ccccn23)c(OC)c1. The Balaban J connectivity index is 1.70. The molecule has 2 heterocycles. The number of imidazole rings is 1. The normalized spacial score (nSPS) is 10.7. The number of amides is 1. The second kappa shape index (κ2) is 7.25. The molecule has 1 amide bonds. The lowest BCUT2D eigenvalue weighted by Crippen LogP contribution is -2.14. The van der Waals surface area contributed by atoms with Crippen molar-refractivity contribution in [2.45, 2.75) is 19.8 Å². The summed E-state index contributed by atoms with van der Waals surface area (Å²) in [6.07, 6.45) is 2.94. The van der Waals surface area contributed by atoms with Crippen LogP contribution in [-0.2, 0) is 11.2 Å². The monoisotopic (exact) mass is 339 g/mol. The molecule has 0 saturated carbocycles. The van der Waals surface area contributed by atoms with Gasteiger partial charge < -0.3 is 19.2 Å². The molecule has 0 aliphatic carbocycles. The third-order valence-corrected chi connectivity index (χ3v) is 4.10. The van der Waals surface area contributed by atoms with E-state index in [4.69, 9.17) is 9.47 Å². The zero-order valence-electron chi connectivity index (χ0n) is 14.6. The number of hydrogen-bond donors (Lipinski definition) is 1. The molecule has 130 valence electrons. The van der Waals surface area contributed by atoms with Crippen LogP contribution in [0.25, 0.3) is 5.65 Å². The number of benzene rings is 1. The van der Waals surface area contributed by atoms with Crippen LogP contribution in [0.4, 0.5) is 5.69 Å². The van der Waals surface area contributed by atoms with Crippen LogP contribution in [0.3, 0.4) is 0 Å². The standard InChI is InChI=1S/C19H21N3O3/c1-13-16(22-11-5-4-6-18(22)20-13)9-10-19(23)21-15-8-7-14(24-2)12-17(15)25-3/h4-8,11-12H,9-10H2,1-3H3,(H,21,23).